The third-order valence-electron chi connectivity index (χ3n) is 2.83. The van der Waals surface area contributed by atoms with Crippen molar-refractivity contribution in [1.82, 2.24) is 9.97 Å². The highest BCUT2D eigenvalue weighted by molar-refractivity contribution is 5.90. The Balaban J connectivity index is 2.59. The Morgan fingerprint density at radius 3 is 2.29 bits per heavy atom. The molecular weight excluding hydrogens is 224 g/mol. The SMILES string of the molecule is O=C(O)c1nc2c(c(C(=O)O)n1)CCCCC2. The van der Waals surface area contributed by atoms with E-state index in [0.29, 0.717) is 24.1 Å². The van der Waals surface area contributed by atoms with Crippen LogP contribution in [0.25, 0.3) is 0 Å². The van der Waals surface area contributed by atoms with Gasteiger partial charge in [-0.1, -0.05) is 6.42 Å². The number of nitrogens with zero attached hydrogens (tertiary/aromatic N) is 2. The van der Waals surface area contributed by atoms with Gasteiger partial charge in [0.15, 0.2) is 5.69 Å². The van der Waals surface area contributed by atoms with E-state index in [-0.39, 0.29) is 5.69 Å². The van der Waals surface area contributed by atoms with Crippen molar-refractivity contribution in [1.29, 1.82) is 0 Å². The fourth-order valence-corrected chi connectivity index (χ4v) is 2.04. The van der Waals surface area contributed by atoms with Gasteiger partial charge in [-0.15, -0.1) is 0 Å². The maximum Gasteiger partial charge on any atom is 0.373 e. The average Bonchev–Trinajstić information content (AvgIpc) is 2.51. The molecule has 0 bridgehead atoms. The average molecular weight is 236 g/mol. The minimum atomic E-state index is -1.29. The molecule has 0 spiro atoms. The molecule has 6 nitrogen and oxygen atoms in total. The molecule has 0 atom stereocenters. The van der Waals surface area contributed by atoms with Crippen LogP contribution in [0.4, 0.5) is 0 Å². The molecule has 0 radical (unpaired) electrons. The topological polar surface area (TPSA) is 100 Å². The summed E-state index contributed by atoms with van der Waals surface area (Å²) in [5, 5.41) is 17.9. The molecule has 17 heavy (non-hydrogen) atoms. The zero-order chi connectivity index (χ0) is 12.4. The first kappa shape index (κ1) is 11.5. The summed E-state index contributed by atoms with van der Waals surface area (Å²) < 4.78 is 0. The Morgan fingerprint density at radius 1 is 0.941 bits per heavy atom. The number of hydrogen-bond donors (Lipinski definition) is 2. The molecule has 2 rings (SSSR count). The Kier molecular flexibility index (Phi) is 3.03. The number of aryl methyl sites for hydroxylation is 1. The van der Waals surface area contributed by atoms with Crippen molar-refractivity contribution < 1.29 is 19.8 Å². The first-order valence-electron chi connectivity index (χ1n) is 5.46. The van der Waals surface area contributed by atoms with E-state index in [0.717, 1.165) is 19.3 Å². The molecular formula is C11H12N2O4. The van der Waals surface area contributed by atoms with Gasteiger partial charge < -0.3 is 10.2 Å². The third-order valence-corrected chi connectivity index (χ3v) is 2.83. The predicted molar refractivity (Wildman–Crippen MR) is 57.2 cm³/mol. The zero-order valence-electron chi connectivity index (χ0n) is 9.14. The molecule has 1 heterocycles. The van der Waals surface area contributed by atoms with Gasteiger partial charge in [0.2, 0.25) is 5.82 Å². The van der Waals surface area contributed by atoms with Crippen LogP contribution in [0.2, 0.25) is 0 Å². The van der Waals surface area contributed by atoms with Crippen LogP contribution >= 0.6 is 0 Å². The van der Waals surface area contributed by atoms with E-state index in [2.05, 4.69) is 9.97 Å². The molecule has 2 N–H and O–H groups in total. The summed E-state index contributed by atoms with van der Waals surface area (Å²) in [5.74, 6) is -2.91. The fraction of sp³-hybridized carbons (Fsp3) is 0.455. The van der Waals surface area contributed by atoms with E-state index in [4.69, 9.17) is 10.2 Å². The molecule has 0 amide bonds. The van der Waals surface area contributed by atoms with Crippen molar-refractivity contribution in [2.75, 3.05) is 0 Å². The van der Waals surface area contributed by atoms with Crippen LogP contribution in [0.15, 0.2) is 0 Å². The number of carboxylic acids is 2. The zero-order valence-corrected chi connectivity index (χ0v) is 9.14. The third kappa shape index (κ3) is 2.25. The maximum absolute atomic E-state index is 11.1. The normalized spacial score (nSPS) is 14.8. The lowest BCUT2D eigenvalue weighted by molar-refractivity contribution is 0.0678. The lowest BCUT2D eigenvalue weighted by Gasteiger charge is -2.08. The molecule has 6 heteroatoms. The van der Waals surface area contributed by atoms with Crippen molar-refractivity contribution in [3.63, 3.8) is 0 Å². The summed E-state index contributed by atoms with van der Waals surface area (Å²) in [7, 11) is 0. The summed E-state index contributed by atoms with van der Waals surface area (Å²) in [6, 6.07) is 0. The van der Waals surface area contributed by atoms with Gasteiger partial charge >= 0.3 is 11.9 Å². The van der Waals surface area contributed by atoms with Crippen LogP contribution in [-0.4, -0.2) is 32.1 Å². The Hall–Kier alpha value is -1.98. The van der Waals surface area contributed by atoms with Crippen LogP contribution in [-0.2, 0) is 12.8 Å². The molecule has 1 aromatic heterocycles. The van der Waals surface area contributed by atoms with E-state index in [9.17, 15) is 9.59 Å². The fourth-order valence-electron chi connectivity index (χ4n) is 2.04. The smallest absolute Gasteiger partial charge is 0.373 e. The van der Waals surface area contributed by atoms with Crippen molar-refractivity contribution in [3.05, 3.63) is 22.8 Å². The van der Waals surface area contributed by atoms with Gasteiger partial charge in [0, 0.05) is 11.3 Å². The molecule has 1 aliphatic carbocycles. The van der Waals surface area contributed by atoms with Gasteiger partial charge in [0.1, 0.15) is 0 Å². The molecule has 0 saturated carbocycles. The van der Waals surface area contributed by atoms with E-state index in [1.807, 2.05) is 0 Å². The largest absolute Gasteiger partial charge is 0.476 e. The van der Waals surface area contributed by atoms with Gasteiger partial charge in [0.05, 0.1) is 0 Å². The lowest BCUT2D eigenvalue weighted by atomic mass is 10.1. The summed E-state index contributed by atoms with van der Waals surface area (Å²) >= 11 is 0. The minimum absolute atomic E-state index is 0.158. The van der Waals surface area contributed by atoms with Crippen LogP contribution in [0.5, 0.6) is 0 Å². The van der Waals surface area contributed by atoms with E-state index >= 15 is 0 Å². The summed E-state index contributed by atoms with van der Waals surface area (Å²) in [5.41, 5.74) is 1.02. The van der Waals surface area contributed by atoms with Crippen molar-refractivity contribution in [2.45, 2.75) is 32.1 Å². The first-order valence-corrected chi connectivity index (χ1v) is 5.46. The Morgan fingerprint density at radius 2 is 1.65 bits per heavy atom. The molecule has 0 fully saturated rings. The maximum atomic E-state index is 11.1. The molecule has 0 saturated heterocycles. The monoisotopic (exact) mass is 236 g/mol. The van der Waals surface area contributed by atoms with Crippen molar-refractivity contribution in [3.8, 4) is 0 Å². The van der Waals surface area contributed by atoms with E-state index in [1.165, 1.54) is 0 Å². The summed E-state index contributed by atoms with van der Waals surface area (Å²) in [6.07, 6.45) is 4.03. The number of aromatic nitrogens is 2. The van der Waals surface area contributed by atoms with Gasteiger partial charge in [0.25, 0.3) is 0 Å². The van der Waals surface area contributed by atoms with Gasteiger partial charge in [-0.3, -0.25) is 0 Å². The number of aromatic carboxylic acids is 2. The number of rotatable bonds is 2. The Labute approximate surface area is 97.3 Å². The van der Waals surface area contributed by atoms with Gasteiger partial charge in [-0.05, 0) is 25.7 Å². The minimum Gasteiger partial charge on any atom is -0.476 e. The summed E-state index contributed by atoms with van der Waals surface area (Å²) in [6.45, 7) is 0. The van der Waals surface area contributed by atoms with E-state index < -0.39 is 17.8 Å². The van der Waals surface area contributed by atoms with Gasteiger partial charge in [-0.2, -0.15) is 0 Å². The van der Waals surface area contributed by atoms with Crippen LogP contribution < -0.4 is 0 Å². The van der Waals surface area contributed by atoms with Crippen molar-refractivity contribution in [2.24, 2.45) is 0 Å². The highest BCUT2D eigenvalue weighted by Crippen LogP contribution is 2.21. The second-order valence-corrected chi connectivity index (χ2v) is 3.99. The summed E-state index contributed by atoms with van der Waals surface area (Å²) in [4.78, 5) is 29.5. The second kappa shape index (κ2) is 4.48. The molecule has 0 aromatic carbocycles. The molecule has 90 valence electrons. The van der Waals surface area contributed by atoms with Crippen LogP contribution in [0.3, 0.4) is 0 Å². The number of carbonyl (C=O) groups is 2. The number of fused-ring (bicyclic) bond motifs is 1. The molecule has 1 aliphatic rings. The first-order chi connectivity index (χ1) is 8.09. The highest BCUT2D eigenvalue weighted by atomic mass is 16.4. The quantitative estimate of drug-likeness (QED) is 0.747. The number of carboxylic acid groups (broad SMARTS) is 2. The number of hydrogen-bond acceptors (Lipinski definition) is 4. The van der Waals surface area contributed by atoms with Crippen molar-refractivity contribution >= 4 is 11.9 Å². The van der Waals surface area contributed by atoms with E-state index in [1.54, 1.807) is 0 Å². The van der Waals surface area contributed by atoms with Gasteiger partial charge in [-0.25, -0.2) is 19.6 Å². The lowest BCUT2D eigenvalue weighted by Crippen LogP contribution is -2.16. The standard InChI is InChI=1S/C11H12N2O4/c14-10(15)8-6-4-2-1-3-5-7(6)12-9(13-8)11(16)17/h1-5H2,(H,14,15)(H,16,17). The second-order valence-electron chi connectivity index (χ2n) is 3.99. The highest BCUT2D eigenvalue weighted by Gasteiger charge is 2.22. The molecule has 1 aromatic rings. The Bertz CT molecular complexity index is 485. The van der Waals surface area contributed by atoms with Crippen LogP contribution in [0.1, 0.15) is 51.6 Å². The molecule has 0 unspecified atom stereocenters. The predicted octanol–water partition coefficient (Wildman–Crippen LogP) is 1.14. The molecule has 0 aliphatic heterocycles. The van der Waals surface area contributed by atoms with Crippen LogP contribution in [0, 0.1) is 0 Å².